The van der Waals surface area contributed by atoms with Crippen molar-refractivity contribution < 1.29 is 21.9 Å². The van der Waals surface area contributed by atoms with Crippen LogP contribution in [-0.2, 0) is 14.6 Å². The molecule has 134 valence electrons. The third-order valence-electron chi connectivity index (χ3n) is 4.66. The predicted molar refractivity (Wildman–Crippen MR) is 87.2 cm³/mol. The van der Waals surface area contributed by atoms with E-state index in [-0.39, 0.29) is 4.90 Å². The first-order valence-electron chi connectivity index (χ1n) is 8.14. The molecule has 0 aliphatic carbocycles. The molecular weight excluding hydrogens is 338 g/mol. The fraction of sp³-hybridized carbons (Fsp3) is 0.625. The lowest BCUT2D eigenvalue weighted by atomic mass is 10.1. The smallest absolute Gasteiger partial charge is 0.341 e. The molecule has 24 heavy (non-hydrogen) atoms. The van der Waals surface area contributed by atoms with Crippen molar-refractivity contribution in [3.05, 3.63) is 24.3 Å². The Hall–Kier alpha value is -1.25. The van der Waals surface area contributed by atoms with Gasteiger partial charge in [-0.2, -0.15) is 8.78 Å². The summed E-state index contributed by atoms with van der Waals surface area (Å²) in [5.74, 6) is -2.84. The molecule has 8 heteroatoms. The van der Waals surface area contributed by atoms with Crippen LogP contribution >= 0.6 is 0 Å². The molecule has 2 heterocycles. The molecule has 2 fully saturated rings. The number of piperazine rings is 1. The van der Waals surface area contributed by atoms with Crippen molar-refractivity contribution >= 4 is 15.5 Å². The molecule has 0 aromatic heterocycles. The number of alkyl halides is 2. The van der Waals surface area contributed by atoms with E-state index < -0.39 is 15.6 Å². The highest BCUT2D eigenvalue weighted by atomic mass is 32.2. The standard InChI is InChI=1S/C16H22F2N2O3S/c17-16(18)24(21,22)15-4-2-1-3-14(15)20-8-6-19(7-9-20)11-13-5-10-23-12-13/h1-4,13,16H,5-12H2. The van der Waals surface area contributed by atoms with Crippen LogP contribution in [0.25, 0.3) is 0 Å². The summed E-state index contributed by atoms with van der Waals surface area (Å²) in [6.07, 6.45) is 1.08. The van der Waals surface area contributed by atoms with Gasteiger partial charge in [-0.1, -0.05) is 12.1 Å². The van der Waals surface area contributed by atoms with Gasteiger partial charge in [-0.05, 0) is 24.5 Å². The molecule has 2 saturated heterocycles. The van der Waals surface area contributed by atoms with E-state index in [1.54, 1.807) is 12.1 Å². The monoisotopic (exact) mass is 360 g/mol. The van der Waals surface area contributed by atoms with Gasteiger partial charge in [0.1, 0.15) is 0 Å². The lowest BCUT2D eigenvalue weighted by molar-refractivity contribution is 0.164. The fourth-order valence-corrected chi connectivity index (χ4v) is 4.27. The van der Waals surface area contributed by atoms with E-state index in [1.807, 2.05) is 4.90 Å². The van der Waals surface area contributed by atoms with Gasteiger partial charge in [0.15, 0.2) is 0 Å². The normalized spacial score (nSPS) is 23.1. The van der Waals surface area contributed by atoms with Crippen LogP contribution < -0.4 is 4.90 Å². The first-order chi connectivity index (χ1) is 11.5. The van der Waals surface area contributed by atoms with Gasteiger partial charge < -0.3 is 9.64 Å². The van der Waals surface area contributed by atoms with Crippen LogP contribution in [0.3, 0.4) is 0 Å². The minimum Gasteiger partial charge on any atom is -0.381 e. The highest BCUT2D eigenvalue weighted by molar-refractivity contribution is 7.91. The molecule has 1 aromatic carbocycles. The maximum Gasteiger partial charge on any atom is 0.341 e. The number of para-hydroxylation sites is 1. The average molecular weight is 360 g/mol. The van der Waals surface area contributed by atoms with Gasteiger partial charge in [0.25, 0.3) is 0 Å². The van der Waals surface area contributed by atoms with Crippen LogP contribution in [0.5, 0.6) is 0 Å². The van der Waals surface area contributed by atoms with Crippen molar-refractivity contribution in [1.82, 2.24) is 4.90 Å². The van der Waals surface area contributed by atoms with Gasteiger partial charge >= 0.3 is 5.76 Å². The summed E-state index contributed by atoms with van der Waals surface area (Å²) in [7, 11) is -4.59. The number of nitrogens with zero attached hydrogens (tertiary/aromatic N) is 2. The third kappa shape index (κ3) is 3.70. The molecular formula is C16H22F2N2O3S. The summed E-state index contributed by atoms with van der Waals surface area (Å²) in [5, 5.41) is 0. The lowest BCUT2D eigenvalue weighted by Gasteiger charge is -2.37. The zero-order valence-electron chi connectivity index (χ0n) is 13.4. The molecule has 3 rings (SSSR count). The summed E-state index contributed by atoms with van der Waals surface area (Å²) >= 11 is 0. The molecule has 0 amide bonds. The van der Waals surface area contributed by atoms with Gasteiger partial charge in [-0.3, -0.25) is 4.90 Å². The van der Waals surface area contributed by atoms with Crippen LogP contribution in [0.15, 0.2) is 29.2 Å². The summed E-state index contributed by atoms with van der Waals surface area (Å²) < 4.78 is 55.0. The quantitative estimate of drug-likeness (QED) is 0.802. The SMILES string of the molecule is O=S(=O)(c1ccccc1N1CCN(CC2CCOC2)CC1)C(F)F. The molecule has 0 spiro atoms. The van der Waals surface area contributed by atoms with E-state index in [0.29, 0.717) is 24.7 Å². The van der Waals surface area contributed by atoms with Crippen molar-refractivity contribution in [2.45, 2.75) is 17.1 Å². The molecule has 0 radical (unpaired) electrons. The third-order valence-corrected chi connectivity index (χ3v) is 6.09. The molecule has 5 nitrogen and oxygen atoms in total. The number of halogens is 2. The molecule has 0 saturated carbocycles. The molecule has 2 aliphatic rings. The second kappa shape index (κ2) is 7.33. The second-order valence-electron chi connectivity index (χ2n) is 6.29. The van der Waals surface area contributed by atoms with Crippen molar-refractivity contribution in [1.29, 1.82) is 0 Å². The maximum absolute atomic E-state index is 12.9. The number of benzene rings is 1. The highest BCUT2D eigenvalue weighted by Crippen LogP contribution is 2.30. The summed E-state index contributed by atoms with van der Waals surface area (Å²) in [6.45, 7) is 5.44. The van der Waals surface area contributed by atoms with Gasteiger partial charge in [-0.15, -0.1) is 0 Å². The van der Waals surface area contributed by atoms with Gasteiger partial charge in [0, 0.05) is 39.3 Å². The predicted octanol–water partition coefficient (Wildman–Crippen LogP) is 1.84. The van der Waals surface area contributed by atoms with E-state index in [1.165, 1.54) is 12.1 Å². The Morgan fingerprint density at radius 2 is 1.88 bits per heavy atom. The number of sulfone groups is 1. The van der Waals surface area contributed by atoms with Gasteiger partial charge in [0.2, 0.25) is 9.84 Å². The van der Waals surface area contributed by atoms with Gasteiger partial charge in [-0.25, -0.2) is 8.42 Å². The Bertz CT molecular complexity index is 655. The molecule has 1 unspecified atom stereocenters. The molecule has 1 atom stereocenters. The van der Waals surface area contributed by atoms with Crippen molar-refractivity contribution in [3.8, 4) is 0 Å². The zero-order valence-corrected chi connectivity index (χ0v) is 14.2. The van der Waals surface area contributed by atoms with Crippen molar-refractivity contribution in [3.63, 3.8) is 0 Å². The number of ether oxygens (including phenoxy) is 1. The van der Waals surface area contributed by atoms with Crippen molar-refractivity contribution in [2.24, 2.45) is 5.92 Å². The van der Waals surface area contributed by atoms with E-state index in [9.17, 15) is 17.2 Å². The average Bonchev–Trinajstić information content (AvgIpc) is 3.08. The Morgan fingerprint density at radius 3 is 2.50 bits per heavy atom. The minimum atomic E-state index is -4.59. The molecule has 0 N–H and O–H groups in total. The Kier molecular flexibility index (Phi) is 5.36. The van der Waals surface area contributed by atoms with Crippen molar-refractivity contribution in [2.75, 3.05) is 50.8 Å². The van der Waals surface area contributed by atoms with E-state index in [2.05, 4.69) is 4.90 Å². The zero-order chi connectivity index (χ0) is 17.2. The maximum atomic E-state index is 12.9. The van der Waals surface area contributed by atoms with Crippen LogP contribution in [0.1, 0.15) is 6.42 Å². The number of rotatable bonds is 5. The molecule has 1 aromatic rings. The van der Waals surface area contributed by atoms with E-state index >= 15 is 0 Å². The molecule has 0 bridgehead atoms. The first kappa shape index (κ1) is 17.6. The lowest BCUT2D eigenvalue weighted by Crippen LogP contribution is -2.48. The number of anilines is 1. The van der Waals surface area contributed by atoms with Gasteiger partial charge in [0.05, 0.1) is 17.2 Å². The van der Waals surface area contributed by atoms with E-state index in [4.69, 9.17) is 4.74 Å². The van der Waals surface area contributed by atoms with Crippen LogP contribution in [-0.4, -0.2) is 65.0 Å². The van der Waals surface area contributed by atoms with E-state index in [0.717, 1.165) is 39.3 Å². The van der Waals surface area contributed by atoms with Crippen LogP contribution in [0.2, 0.25) is 0 Å². The van der Waals surface area contributed by atoms with Crippen LogP contribution in [0.4, 0.5) is 14.5 Å². The highest BCUT2D eigenvalue weighted by Gasteiger charge is 2.31. The first-order valence-corrected chi connectivity index (χ1v) is 9.69. The largest absolute Gasteiger partial charge is 0.381 e. The van der Waals surface area contributed by atoms with Crippen LogP contribution in [0, 0.1) is 5.92 Å². The summed E-state index contributed by atoms with van der Waals surface area (Å²) in [5.41, 5.74) is 0.377. The fourth-order valence-electron chi connectivity index (χ4n) is 3.32. The number of hydrogen-bond donors (Lipinski definition) is 0. The number of hydrogen-bond acceptors (Lipinski definition) is 5. The summed E-state index contributed by atoms with van der Waals surface area (Å²) in [4.78, 5) is 3.94. The Balaban J connectivity index is 1.68. The topological polar surface area (TPSA) is 49.9 Å². The second-order valence-corrected chi connectivity index (χ2v) is 8.18. The Labute approximate surface area is 141 Å². The summed E-state index contributed by atoms with van der Waals surface area (Å²) in [6, 6.07) is 6.03. The minimum absolute atomic E-state index is 0.280. The Morgan fingerprint density at radius 1 is 1.17 bits per heavy atom. The molecule has 2 aliphatic heterocycles.